The fourth-order valence-electron chi connectivity index (χ4n) is 2.52. The number of para-hydroxylation sites is 1. The average Bonchev–Trinajstić information content (AvgIpc) is 3.00. The number of aromatic nitrogens is 4. The maximum atomic E-state index is 12.0. The number of carbonyl (C=O) groups excluding carboxylic acids is 1. The predicted octanol–water partition coefficient (Wildman–Crippen LogP) is 3.14. The van der Waals surface area contributed by atoms with E-state index in [0.29, 0.717) is 23.3 Å². The second-order valence-electron chi connectivity index (χ2n) is 6.05. The summed E-state index contributed by atoms with van der Waals surface area (Å²) in [4.78, 5) is 16.0. The van der Waals surface area contributed by atoms with Crippen LogP contribution >= 0.6 is 11.8 Å². The summed E-state index contributed by atoms with van der Waals surface area (Å²) in [7, 11) is 1.87. The molecular weight excluding hydrogens is 362 g/mol. The third-order valence-corrected chi connectivity index (χ3v) is 4.98. The van der Waals surface area contributed by atoms with Gasteiger partial charge in [0.05, 0.1) is 17.6 Å². The number of nitrogens with one attached hydrogen (secondary N) is 1. The van der Waals surface area contributed by atoms with Gasteiger partial charge in [0, 0.05) is 13.2 Å². The summed E-state index contributed by atoms with van der Waals surface area (Å²) in [5, 5.41) is 11.8. The standard InChI is InChI=1S/C19H21N5O2S/c1-13-6-4-7-14(2)18(13)26-11-16-22-23-19(24(16)3)27-12-17(25)21-15-8-5-9-20-10-15/h4-10H,11-12H2,1-3H3,(H,21,25). The third kappa shape index (κ3) is 4.85. The van der Waals surface area contributed by atoms with Gasteiger partial charge < -0.3 is 14.6 Å². The van der Waals surface area contributed by atoms with Crippen molar-refractivity contribution in [3.05, 3.63) is 59.7 Å². The van der Waals surface area contributed by atoms with Crippen LogP contribution in [0.3, 0.4) is 0 Å². The summed E-state index contributed by atoms with van der Waals surface area (Å²) in [6.07, 6.45) is 3.26. The molecule has 0 saturated heterocycles. The Morgan fingerprint density at radius 1 is 1.19 bits per heavy atom. The Hall–Kier alpha value is -2.87. The molecule has 0 aliphatic carbocycles. The summed E-state index contributed by atoms with van der Waals surface area (Å²) in [6, 6.07) is 9.60. The Bertz CT molecular complexity index is 907. The van der Waals surface area contributed by atoms with E-state index in [9.17, 15) is 4.79 Å². The van der Waals surface area contributed by atoms with Gasteiger partial charge in [0.2, 0.25) is 5.91 Å². The number of aryl methyl sites for hydroxylation is 2. The zero-order chi connectivity index (χ0) is 19.2. The molecule has 0 aliphatic rings. The lowest BCUT2D eigenvalue weighted by molar-refractivity contribution is -0.113. The van der Waals surface area contributed by atoms with Gasteiger partial charge in [0.25, 0.3) is 0 Å². The lowest BCUT2D eigenvalue weighted by Gasteiger charge is -2.11. The number of hydrogen-bond donors (Lipinski definition) is 1. The first-order valence-electron chi connectivity index (χ1n) is 8.44. The minimum Gasteiger partial charge on any atom is -0.485 e. The van der Waals surface area contributed by atoms with Gasteiger partial charge in [-0.25, -0.2) is 0 Å². The van der Waals surface area contributed by atoms with Crippen molar-refractivity contribution in [2.24, 2.45) is 7.05 Å². The van der Waals surface area contributed by atoms with Crippen molar-refractivity contribution in [2.75, 3.05) is 11.1 Å². The van der Waals surface area contributed by atoms with Gasteiger partial charge in [-0.3, -0.25) is 9.78 Å². The van der Waals surface area contributed by atoms with Crippen LogP contribution in [0.2, 0.25) is 0 Å². The first kappa shape index (κ1) is 18.9. The lowest BCUT2D eigenvalue weighted by atomic mass is 10.1. The number of thioether (sulfide) groups is 1. The molecule has 0 unspecified atom stereocenters. The minimum atomic E-state index is -0.121. The maximum absolute atomic E-state index is 12.0. The second kappa shape index (κ2) is 8.68. The van der Waals surface area contributed by atoms with E-state index >= 15 is 0 Å². The van der Waals surface area contributed by atoms with Gasteiger partial charge in [-0.15, -0.1) is 10.2 Å². The van der Waals surface area contributed by atoms with Crippen LogP contribution in [-0.4, -0.2) is 31.4 Å². The molecule has 8 heteroatoms. The van der Waals surface area contributed by atoms with Crippen LogP contribution < -0.4 is 10.1 Å². The van der Waals surface area contributed by atoms with E-state index in [1.54, 1.807) is 24.5 Å². The van der Waals surface area contributed by atoms with E-state index in [4.69, 9.17) is 4.74 Å². The molecular formula is C19H21N5O2S. The first-order chi connectivity index (χ1) is 13.0. The molecule has 0 atom stereocenters. The molecule has 27 heavy (non-hydrogen) atoms. The number of hydrogen-bond acceptors (Lipinski definition) is 6. The van der Waals surface area contributed by atoms with Crippen molar-refractivity contribution in [3.8, 4) is 5.75 Å². The molecule has 0 aliphatic heterocycles. The van der Waals surface area contributed by atoms with Gasteiger partial charge in [-0.2, -0.15) is 0 Å². The fraction of sp³-hybridized carbons (Fsp3) is 0.263. The van der Waals surface area contributed by atoms with Gasteiger partial charge in [-0.05, 0) is 37.1 Å². The van der Waals surface area contributed by atoms with E-state index < -0.39 is 0 Å². The number of pyridine rings is 1. The Labute approximate surface area is 162 Å². The number of amides is 1. The number of carbonyl (C=O) groups is 1. The molecule has 0 saturated carbocycles. The molecule has 0 fully saturated rings. The number of ether oxygens (including phenoxy) is 1. The Kier molecular flexibility index (Phi) is 6.08. The maximum Gasteiger partial charge on any atom is 0.234 e. The Morgan fingerprint density at radius 3 is 2.67 bits per heavy atom. The number of benzene rings is 1. The van der Waals surface area contributed by atoms with Crippen molar-refractivity contribution in [1.82, 2.24) is 19.7 Å². The van der Waals surface area contributed by atoms with Crippen LogP contribution in [0.1, 0.15) is 17.0 Å². The van der Waals surface area contributed by atoms with E-state index in [1.165, 1.54) is 11.8 Å². The number of anilines is 1. The van der Waals surface area contributed by atoms with Crippen molar-refractivity contribution in [2.45, 2.75) is 25.6 Å². The van der Waals surface area contributed by atoms with Gasteiger partial charge >= 0.3 is 0 Å². The Morgan fingerprint density at radius 2 is 1.96 bits per heavy atom. The molecule has 0 spiro atoms. The zero-order valence-corrected chi connectivity index (χ0v) is 16.3. The van der Waals surface area contributed by atoms with Gasteiger partial charge in [-0.1, -0.05) is 30.0 Å². The van der Waals surface area contributed by atoms with Crippen LogP contribution in [-0.2, 0) is 18.4 Å². The van der Waals surface area contributed by atoms with E-state index in [0.717, 1.165) is 16.9 Å². The van der Waals surface area contributed by atoms with Crippen molar-refractivity contribution >= 4 is 23.4 Å². The topological polar surface area (TPSA) is 81.9 Å². The highest BCUT2D eigenvalue weighted by molar-refractivity contribution is 7.99. The van der Waals surface area contributed by atoms with Crippen LogP contribution in [0, 0.1) is 13.8 Å². The first-order valence-corrected chi connectivity index (χ1v) is 9.43. The van der Waals surface area contributed by atoms with Gasteiger partial charge in [0.15, 0.2) is 11.0 Å². The summed E-state index contributed by atoms with van der Waals surface area (Å²) in [6.45, 7) is 4.35. The van der Waals surface area contributed by atoms with Gasteiger partial charge in [0.1, 0.15) is 12.4 Å². The summed E-state index contributed by atoms with van der Waals surface area (Å²) in [5.74, 6) is 1.68. The quantitative estimate of drug-likeness (QED) is 0.631. The fourth-order valence-corrected chi connectivity index (χ4v) is 3.25. The number of nitrogens with zero attached hydrogens (tertiary/aromatic N) is 4. The summed E-state index contributed by atoms with van der Waals surface area (Å²) >= 11 is 1.32. The highest BCUT2D eigenvalue weighted by Crippen LogP contribution is 2.24. The molecule has 3 rings (SSSR count). The SMILES string of the molecule is Cc1cccc(C)c1OCc1nnc(SCC(=O)Nc2cccnc2)n1C. The molecule has 1 N–H and O–H groups in total. The highest BCUT2D eigenvalue weighted by atomic mass is 32.2. The monoisotopic (exact) mass is 383 g/mol. The van der Waals surface area contributed by atoms with Crippen molar-refractivity contribution < 1.29 is 9.53 Å². The number of rotatable bonds is 7. The van der Waals surface area contributed by atoms with E-state index in [1.807, 2.05) is 43.7 Å². The lowest BCUT2D eigenvalue weighted by Crippen LogP contribution is -2.14. The van der Waals surface area contributed by atoms with Crippen LogP contribution in [0.4, 0.5) is 5.69 Å². The second-order valence-corrected chi connectivity index (χ2v) is 6.99. The molecule has 3 aromatic rings. The van der Waals surface area contributed by atoms with Crippen LogP contribution in [0.25, 0.3) is 0 Å². The molecule has 7 nitrogen and oxygen atoms in total. The van der Waals surface area contributed by atoms with Crippen molar-refractivity contribution in [3.63, 3.8) is 0 Å². The van der Waals surface area contributed by atoms with E-state index in [2.05, 4.69) is 20.5 Å². The Balaban J connectivity index is 1.56. The normalized spacial score (nSPS) is 10.6. The molecule has 140 valence electrons. The third-order valence-electron chi connectivity index (χ3n) is 3.96. The average molecular weight is 383 g/mol. The minimum absolute atomic E-state index is 0.121. The molecule has 1 amide bonds. The molecule has 2 aromatic heterocycles. The van der Waals surface area contributed by atoms with Crippen LogP contribution in [0.5, 0.6) is 5.75 Å². The smallest absolute Gasteiger partial charge is 0.234 e. The molecule has 1 aromatic carbocycles. The summed E-state index contributed by atoms with van der Waals surface area (Å²) < 4.78 is 7.78. The summed E-state index contributed by atoms with van der Waals surface area (Å²) in [5.41, 5.74) is 2.83. The molecule has 2 heterocycles. The van der Waals surface area contributed by atoms with Crippen molar-refractivity contribution in [1.29, 1.82) is 0 Å². The predicted molar refractivity (Wildman–Crippen MR) is 105 cm³/mol. The molecule has 0 bridgehead atoms. The highest BCUT2D eigenvalue weighted by Gasteiger charge is 2.13. The van der Waals surface area contributed by atoms with Crippen LogP contribution in [0.15, 0.2) is 47.9 Å². The zero-order valence-electron chi connectivity index (χ0n) is 15.5. The molecule has 0 radical (unpaired) electrons. The largest absolute Gasteiger partial charge is 0.485 e. The van der Waals surface area contributed by atoms with E-state index in [-0.39, 0.29) is 11.7 Å².